The van der Waals surface area contributed by atoms with Crippen molar-refractivity contribution in [3.05, 3.63) is 34.9 Å². The van der Waals surface area contributed by atoms with Crippen LogP contribution in [-0.4, -0.2) is 48.6 Å². The topological polar surface area (TPSA) is 76.8 Å². The van der Waals surface area contributed by atoms with Gasteiger partial charge >= 0.3 is 6.18 Å². The maximum Gasteiger partial charge on any atom is 0.433 e. The molecular weight excluding hydrogens is 373 g/mol. The van der Waals surface area contributed by atoms with Gasteiger partial charge in [0, 0.05) is 31.1 Å². The van der Waals surface area contributed by atoms with E-state index >= 15 is 0 Å². The van der Waals surface area contributed by atoms with E-state index in [9.17, 15) is 18.0 Å². The number of carbonyl (C=O) groups excluding carboxylic acids is 1. The molecule has 1 aliphatic heterocycles. The molecule has 1 atom stereocenters. The Morgan fingerprint density at radius 2 is 2.00 bits per heavy atom. The lowest BCUT2D eigenvalue weighted by atomic mass is 10.1. The zero-order valence-corrected chi connectivity index (χ0v) is 16.1. The molecule has 1 aliphatic rings. The van der Waals surface area contributed by atoms with Crippen LogP contribution in [0.25, 0.3) is 0 Å². The van der Waals surface area contributed by atoms with E-state index in [0.717, 1.165) is 11.9 Å². The lowest BCUT2D eigenvalue weighted by molar-refractivity contribution is -0.141. The highest BCUT2D eigenvalue weighted by Gasteiger charge is 2.36. The van der Waals surface area contributed by atoms with Gasteiger partial charge in [0.2, 0.25) is 5.91 Å². The van der Waals surface area contributed by atoms with Crippen LogP contribution in [0.5, 0.6) is 0 Å². The Morgan fingerprint density at radius 1 is 1.25 bits per heavy atom. The molecule has 7 nitrogen and oxygen atoms in total. The molecule has 1 saturated heterocycles. The Kier molecular flexibility index (Phi) is 5.66. The van der Waals surface area contributed by atoms with Crippen LogP contribution in [0, 0.1) is 13.8 Å². The second-order valence-corrected chi connectivity index (χ2v) is 6.96. The minimum Gasteiger partial charge on any atom is -0.342 e. The molecule has 0 aromatic carbocycles. The Hall–Kier alpha value is -2.52. The Morgan fingerprint density at radius 3 is 2.61 bits per heavy atom. The van der Waals surface area contributed by atoms with Gasteiger partial charge in [0.1, 0.15) is 23.2 Å². The fourth-order valence-corrected chi connectivity index (χ4v) is 3.36. The van der Waals surface area contributed by atoms with Crippen molar-refractivity contribution in [2.45, 2.75) is 58.7 Å². The summed E-state index contributed by atoms with van der Waals surface area (Å²) in [4.78, 5) is 26.4. The van der Waals surface area contributed by atoms with E-state index in [1.54, 1.807) is 23.4 Å². The first-order valence-electron chi connectivity index (χ1n) is 9.28. The van der Waals surface area contributed by atoms with E-state index in [1.165, 1.54) is 0 Å². The molecular formula is C18H23F3N6O. The predicted molar refractivity (Wildman–Crippen MR) is 94.5 cm³/mol. The van der Waals surface area contributed by atoms with Gasteiger partial charge in [-0.1, -0.05) is 6.92 Å². The van der Waals surface area contributed by atoms with Gasteiger partial charge in [-0.3, -0.25) is 4.79 Å². The molecule has 0 N–H and O–H groups in total. The quantitative estimate of drug-likeness (QED) is 0.777. The van der Waals surface area contributed by atoms with Crippen LogP contribution in [0.1, 0.15) is 54.5 Å². The molecule has 0 bridgehead atoms. The Labute approximate surface area is 161 Å². The van der Waals surface area contributed by atoms with Gasteiger partial charge in [-0.25, -0.2) is 19.6 Å². The standard InChI is InChI=1S/C18H23F3N6O/c1-4-14-9-15(18(19,20)21)24-17(23-14)13-5-7-26(10-13)16(28)6-8-27-12(3)22-11(2)25-27/h9,13H,4-8,10H2,1-3H3. The fraction of sp³-hybridized carbons (Fsp3) is 0.611. The lowest BCUT2D eigenvalue weighted by Crippen LogP contribution is -2.29. The number of hydrogen-bond acceptors (Lipinski definition) is 5. The third-order valence-corrected chi connectivity index (χ3v) is 4.86. The van der Waals surface area contributed by atoms with Gasteiger partial charge in [-0.15, -0.1) is 0 Å². The summed E-state index contributed by atoms with van der Waals surface area (Å²) in [6.45, 7) is 6.61. The number of alkyl halides is 3. The number of halogens is 3. The van der Waals surface area contributed by atoms with Crippen molar-refractivity contribution in [1.29, 1.82) is 0 Å². The number of aromatic nitrogens is 5. The summed E-state index contributed by atoms with van der Waals surface area (Å²) in [5, 5.41) is 4.23. The molecule has 0 aliphatic carbocycles. The van der Waals surface area contributed by atoms with E-state index in [4.69, 9.17) is 0 Å². The molecule has 2 aromatic rings. The number of aryl methyl sites for hydroxylation is 4. The summed E-state index contributed by atoms with van der Waals surface area (Å²) < 4.78 is 41.0. The summed E-state index contributed by atoms with van der Waals surface area (Å²) in [6.07, 6.45) is -3.30. The average Bonchev–Trinajstić information content (AvgIpc) is 3.25. The third-order valence-electron chi connectivity index (χ3n) is 4.86. The normalized spacial score (nSPS) is 17.4. The second-order valence-electron chi connectivity index (χ2n) is 6.96. The number of nitrogens with zero attached hydrogens (tertiary/aromatic N) is 6. The van der Waals surface area contributed by atoms with Crippen LogP contribution in [-0.2, 0) is 23.9 Å². The SMILES string of the molecule is CCc1cc(C(F)(F)F)nc(C2CCN(C(=O)CCn3nc(C)nc3C)C2)n1. The number of hydrogen-bond donors (Lipinski definition) is 0. The molecule has 0 saturated carbocycles. The Bertz CT molecular complexity index is 863. The monoisotopic (exact) mass is 396 g/mol. The van der Waals surface area contributed by atoms with E-state index in [-0.39, 0.29) is 24.1 Å². The zero-order valence-electron chi connectivity index (χ0n) is 16.1. The zero-order chi connectivity index (χ0) is 20.5. The second kappa shape index (κ2) is 7.84. The first-order chi connectivity index (χ1) is 13.2. The van der Waals surface area contributed by atoms with Crippen LogP contribution in [0.3, 0.4) is 0 Å². The van der Waals surface area contributed by atoms with Gasteiger partial charge in [0.15, 0.2) is 0 Å². The first kappa shape index (κ1) is 20.2. The molecule has 1 fully saturated rings. The summed E-state index contributed by atoms with van der Waals surface area (Å²) in [5.41, 5.74) is -0.560. The van der Waals surface area contributed by atoms with E-state index in [2.05, 4.69) is 20.1 Å². The fourth-order valence-electron chi connectivity index (χ4n) is 3.36. The van der Waals surface area contributed by atoms with Crippen molar-refractivity contribution in [2.75, 3.05) is 13.1 Å². The highest BCUT2D eigenvalue weighted by Crippen LogP contribution is 2.31. The largest absolute Gasteiger partial charge is 0.433 e. The number of amides is 1. The maximum atomic E-state index is 13.1. The summed E-state index contributed by atoms with van der Waals surface area (Å²) in [6, 6.07) is 0.990. The van der Waals surface area contributed by atoms with E-state index < -0.39 is 11.9 Å². The number of carbonyl (C=O) groups is 1. The van der Waals surface area contributed by atoms with Crippen molar-refractivity contribution >= 4 is 5.91 Å². The molecule has 10 heteroatoms. The molecule has 28 heavy (non-hydrogen) atoms. The Balaban J connectivity index is 1.66. The van der Waals surface area contributed by atoms with Crippen LogP contribution < -0.4 is 0 Å². The molecule has 1 amide bonds. The van der Waals surface area contributed by atoms with Crippen molar-refractivity contribution in [3.63, 3.8) is 0 Å². The van der Waals surface area contributed by atoms with Gasteiger partial charge in [0.25, 0.3) is 0 Å². The van der Waals surface area contributed by atoms with E-state index in [0.29, 0.717) is 44.0 Å². The highest BCUT2D eigenvalue weighted by molar-refractivity contribution is 5.76. The van der Waals surface area contributed by atoms with Crippen molar-refractivity contribution < 1.29 is 18.0 Å². The minimum atomic E-state index is -4.51. The number of likely N-dealkylation sites (tertiary alicyclic amines) is 1. The number of rotatable bonds is 5. The summed E-state index contributed by atoms with van der Waals surface area (Å²) in [5.74, 6) is 1.23. The van der Waals surface area contributed by atoms with Crippen LogP contribution in [0.2, 0.25) is 0 Å². The summed E-state index contributed by atoms with van der Waals surface area (Å²) in [7, 11) is 0. The smallest absolute Gasteiger partial charge is 0.342 e. The molecule has 1 unspecified atom stereocenters. The molecule has 0 radical (unpaired) electrons. The minimum absolute atomic E-state index is 0.0576. The van der Waals surface area contributed by atoms with Gasteiger partial charge < -0.3 is 4.90 Å². The van der Waals surface area contributed by atoms with Gasteiger partial charge in [0.05, 0.1) is 6.54 Å². The average molecular weight is 396 g/mol. The predicted octanol–water partition coefficient (Wildman–Crippen LogP) is 2.67. The van der Waals surface area contributed by atoms with Crippen molar-refractivity contribution in [3.8, 4) is 0 Å². The highest BCUT2D eigenvalue weighted by atomic mass is 19.4. The maximum absolute atomic E-state index is 13.1. The molecule has 2 aromatic heterocycles. The molecule has 0 spiro atoms. The summed E-state index contributed by atoms with van der Waals surface area (Å²) >= 11 is 0. The van der Waals surface area contributed by atoms with Crippen molar-refractivity contribution in [2.24, 2.45) is 0 Å². The van der Waals surface area contributed by atoms with Crippen LogP contribution in [0.15, 0.2) is 6.07 Å². The third kappa shape index (κ3) is 4.48. The van der Waals surface area contributed by atoms with Crippen molar-refractivity contribution in [1.82, 2.24) is 29.6 Å². The van der Waals surface area contributed by atoms with Gasteiger partial charge in [-0.2, -0.15) is 18.3 Å². The molecule has 3 rings (SSSR count). The van der Waals surface area contributed by atoms with Crippen LogP contribution in [0.4, 0.5) is 13.2 Å². The van der Waals surface area contributed by atoms with E-state index in [1.807, 2.05) is 6.92 Å². The van der Waals surface area contributed by atoms with Gasteiger partial charge in [-0.05, 0) is 32.8 Å². The lowest BCUT2D eigenvalue weighted by Gasteiger charge is -2.17. The van der Waals surface area contributed by atoms with Crippen LogP contribution >= 0.6 is 0 Å². The molecule has 152 valence electrons. The first-order valence-corrected chi connectivity index (χ1v) is 9.28. The molecule has 3 heterocycles.